The topological polar surface area (TPSA) is 76.7 Å². The Morgan fingerprint density at radius 3 is 2.67 bits per heavy atom. The minimum atomic E-state index is -0.518. The number of benzene rings is 2. The maximum absolute atomic E-state index is 12.5. The van der Waals surface area contributed by atoms with E-state index in [0.717, 1.165) is 17.5 Å². The average molecular weight is 447 g/mol. The van der Waals surface area contributed by atoms with Gasteiger partial charge in [0, 0.05) is 33.3 Å². The molecule has 8 heteroatoms. The third-order valence-electron chi connectivity index (χ3n) is 5.20. The van der Waals surface area contributed by atoms with Gasteiger partial charge in [0.25, 0.3) is 0 Å². The van der Waals surface area contributed by atoms with Gasteiger partial charge in [-0.05, 0) is 42.7 Å². The van der Waals surface area contributed by atoms with Crippen molar-refractivity contribution < 1.29 is 19.1 Å². The van der Waals surface area contributed by atoms with E-state index in [1.165, 1.54) is 0 Å². The molecule has 1 unspecified atom stereocenters. The summed E-state index contributed by atoms with van der Waals surface area (Å²) in [6, 6.07) is 9.75. The SMILES string of the molecule is COc1cc(C2NC(=O)NC3=C2C(=O)CCC3)ccc1OCc1ccc(Cl)cc1Cl. The highest BCUT2D eigenvalue weighted by Crippen LogP contribution is 2.37. The molecule has 0 saturated carbocycles. The molecule has 2 amide bonds. The van der Waals surface area contributed by atoms with Crippen LogP contribution in [0.25, 0.3) is 0 Å². The molecule has 0 radical (unpaired) electrons. The van der Waals surface area contributed by atoms with Gasteiger partial charge in [-0.2, -0.15) is 0 Å². The van der Waals surface area contributed by atoms with Crippen LogP contribution in [0, 0.1) is 0 Å². The lowest BCUT2D eigenvalue weighted by atomic mass is 9.85. The molecule has 4 rings (SSSR count). The number of rotatable bonds is 5. The van der Waals surface area contributed by atoms with Gasteiger partial charge in [-0.1, -0.05) is 35.3 Å². The molecule has 2 aromatic rings. The number of ether oxygens (including phenoxy) is 2. The standard InChI is InChI=1S/C22H20Cl2N2O4/c1-29-19-9-12(21-20-16(25-22(28)26-21)3-2-4-17(20)27)6-8-18(19)30-11-13-5-7-14(23)10-15(13)24/h5-10,21H,2-4,11H2,1H3,(H2,25,26,28). The number of allylic oxidation sites excluding steroid dienone is 1. The van der Waals surface area contributed by atoms with Gasteiger partial charge in [0.2, 0.25) is 0 Å². The normalized spacial score (nSPS) is 18.4. The highest BCUT2D eigenvalue weighted by atomic mass is 35.5. The number of amides is 2. The number of nitrogens with one attached hydrogen (secondary N) is 2. The molecule has 0 aromatic heterocycles. The van der Waals surface area contributed by atoms with Crippen LogP contribution in [-0.2, 0) is 11.4 Å². The lowest BCUT2D eigenvalue weighted by Crippen LogP contribution is -2.46. The number of carbonyl (C=O) groups is 2. The number of hydrogen-bond donors (Lipinski definition) is 2. The summed E-state index contributed by atoms with van der Waals surface area (Å²) in [4.78, 5) is 24.6. The number of methoxy groups -OCH3 is 1. The second kappa shape index (κ2) is 8.58. The molecule has 0 spiro atoms. The van der Waals surface area contributed by atoms with E-state index in [9.17, 15) is 9.59 Å². The lowest BCUT2D eigenvalue weighted by molar-refractivity contribution is -0.116. The highest BCUT2D eigenvalue weighted by Gasteiger charge is 2.34. The summed E-state index contributed by atoms with van der Waals surface area (Å²) in [5, 5.41) is 6.69. The Labute approximate surface area is 184 Å². The van der Waals surface area contributed by atoms with Crippen molar-refractivity contribution >= 4 is 35.0 Å². The molecule has 30 heavy (non-hydrogen) atoms. The summed E-state index contributed by atoms with van der Waals surface area (Å²) in [5.41, 5.74) is 2.86. The summed E-state index contributed by atoms with van der Waals surface area (Å²) >= 11 is 12.1. The van der Waals surface area contributed by atoms with Crippen LogP contribution in [0.4, 0.5) is 4.79 Å². The first-order valence-corrected chi connectivity index (χ1v) is 10.3. The van der Waals surface area contributed by atoms with Crippen LogP contribution in [0.3, 0.4) is 0 Å². The largest absolute Gasteiger partial charge is 0.493 e. The van der Waals surface area contributed by atoms with Crippen LogP contribution < -0.4 is 20.1 Å². The molecule has 2 aliphatic rings. The average Bonchev–Trinajstić information content (AvgIpc) is 2.72. The van der Waals surface area contributed by atoms with Gasteiger partial charge < -0.3 is 20.1 Å². The fourth-order valence-electron chi connectivity index (χ4n) is 3.73. The van der Waals surface area contributed by atoms with E-state index in [2.05, 4.69) is 10.6 Å². The quantitative estimate of drug-likeness (QED) is 0.681. The van der Waals surface area contributed by atoms with Gasteiger partial charge in [0.05, 0.1) is 13.2 Å². The molecule has 2 aromatic carbocycles. The van der Waals surface area contributed by atoms with Crippen molar-refractivity contribution in [3.63, 3.8) is 0 Å². The van der Waals surface area contributed by atoms with Crippen LogP contribution in [0.1, 0.15) is 36.4 Å². The van der Waals surface area contributed by atoms with Crippen LogP contribution >= 0.6 is 23.2 Å². The first-order valence-electron chi connectivity index (χ1n) is 9.54. The number of carbonyl (C=O) groups excluding carboxylic acids is 2. The van der Waals surface area contributed by atoms with Crippen LogP contribution in [-0.4, -0.2) is 18.9 Å². The molecule has 1 aliphatic heterocycles. The molecular weight excluding hydrogens is 427 g/mol. The first-order chi connectivity index (χ1) is 14.5. The maximum atomic E-state index is 12.5. The van der Waals surface area contributed by atoms with E-state index in [-0.39, 0.29) is 18.4 Å². The molecule has 156 valence electrons. The molecule has 0 saturated heterocycles. The van der Waals surface area contributed by atoms with Crippen molar-refractivity contribution in [2.45, 2.75) is 31.9 Å². The fourth-order valence-corrected chi connectivity index (χ4v) is 4.20. The van der Waals surface area contributed by atoms with Crippen molar-refractivity contribution in [1.29, 1.82) is 0 Å². The van der Waals surface area contributed by atoms with Gasteiger partial charge in [-0.3, -0.25) is 4.79 Å². The summed E-state index contributed by atoms with van der Waals surface area (Å²) < 4.78 is 11.4. The number of ketones is 1. The zero-order valence-electron chi connectivity index (χ0n) is 16.3. The van der Waals surface area contributed by atoms with E-state index in [0.29, 0.717) is 45.7 Å². The van der Waals surface area contributed by atoms with E-state index in [4.69, 9.17) is 32.7 Å². The Morgan fingerprint density at radius 1 is 1.07 bits per heavy atom. The molecule has 2 N–H and O–H groups in total. The van der Waals surface area contributed by atoms with Crippen molar-refractivity contribution in [2.75, 3.05) is 7.11 Å². The van der Waals surface area contributed by atoms with Gasteiger partial charge in [0.1, 0.15) is 6.61 Å². The maximum Gasteiger partial charge on any atom is 0.319 e. The highest BCUT2D eigenvalue weighted by molar-refractivity contribution is 6.35. The predicted molar refractivity (Wildman–Crippen MR) is 114 cm³/mol. The summed E-state index contributed by atoms with van der Waals surface area (Å²) in [5.74, 6) is 1.07. The molecule has 0 bridgehead atoms. The van der Waals surface area contributed by atoms with E-state index < -0.39 is 6.04 Å². The molecule has 6 nitrogen and oxygen atoms in total. The Balaban J connectivity index is 1.60. The van der Waals surface area contributed by atoms with Crippen molar-refractivity contribution in [3.8, 4) is 11.5 Å². The monoisotopic (exact) mass is 446 g/mol. The predicted octanol–water partition coefficient (Wildman–Crippen LogP) is 4.94. The second-order valence-electron chi connectivity index (χ2n) is 7.14. The summed E-state index contributed by atoms with van der Waals surface area (Å²) in [7, 11) is 1.54. The molecule has 1 heterocycles. The minimum absolute atomic E-state index is 0.0467. The van der Waals surface area contributed by atoms with Crippen molar-refractivity contribution in [3.05, 3.63) is 68.8 Å². The molecular formula is C22H20Cl2N2O4. The van der Waals surface area contributed by atoms with E-state index in [1.54, 1.807) is 37.4 Å². The van der Waals surface area contributed by atoms with Gasteiger partial charge in [0.15, 0.2) is 17.3 Å². The number of hydrogen-bond acceptors (Lipinski definition) is 4. The summed E-state index contributed by atoms with van der Waals surface area (Å²) in [6.07, 6.45) is 1.91. The third kappa shape index (κ3) is 4.11. The first kappa shape index (κ1) is 20.6. The van der Waals surface area contributed by atoms with E-state index >= 15 is 0 Å². The molecule has 1 aliphatic carbocycles. The molecule has 0 fully saturated rings. The smallest absolute Gasteiger partial charge is 0.319 e. The number of halogens is 2. The Kier molecular flexibility index (Phi) is 5.88. The number of urea groups is 1. The van der Waals surface area contributed by atoms with E-state index in [1.807, 2.05) is 6.07 Å². The number of Topliss-reactive ketones (excluding diaryl/α,β-unsaturated/α-hetero) is 1. The Morgan fingerprint density at radius 2 is 1.90 bits per heavy atom. The van der Waals surface area contributed by atoms with Crippen molar-refractivity contribution in [2.24, 2.45) is 0 Å². The van der Waals surface area contributed by atoms with Crippen LogP contribution in [0.5, 0.6) is 11.5 Å². The van der Waals surface area contributed by atoms with Gasteiger partial charge >= 0.3 is 6.03 Å². The minimum Gasteiger partial charge on any atom is -0.493 e. The van der Waals surface area contributed by atoms with Crippen molar-refractivity contribution in [1.82, 2.24) is 10.6 Å². The Hall–Kier alpha value is -2.70. The second-order valence-corrected chi connectivity index (χ2v) is 7.98. The zero-order chi connectivity index (χ0) is 21.3. The van der Waals surface area contributed by atoms with Gasteiger partial charge in [-0.25, -0.2) is 4.79 Å². The molecule has 1 atom stereocenters. The lowest BCUT2D eigenvalue weighted by Gasteiger charge is -2.32. The van der Waals surface area contributed by atoms with Crippen LogP contribution in [0.15, 0.2) is 47.7 Å². The van der Waals surface area contributed by atoms with Gasteiger partial charge in [-0.15, -0.1) is 0 Å². The zero-order valence-corrected chi connectivity index (χ0v) is 17.8. The van der Waals surface area contributed by atoms with Crippen LogP contribution in [0.2, 0.25) is 10.0 Å². The fraction of sp³-hybridized carbons (Fsp3) is 0.273. The summed E-state index contributed by atoms with van der Waals surface area (Å²) in [6.45, 7) is 0.240. The Bertz CT molecular complexity index is 1050. The third-order valence-corrected chi connectivity index (χ3v) is 5.79.